The molecule has 2 N–H and O–H groups in total. The molecule has 27 heavy (non-hydrogen) atoms. The van der Waals surface area contributed by atoms with Crippen LogP contribution in [-0.2, 0) is 10.3 Å². The number of hydrogen-bond donors (Lipinski definition) is 1. The van der Waals surface area contributed by atoms with E-state index in [2.05, 4.69) is 39.4 Å². The fraction of sp³-hybridized carbons (Fsp3) is 0.714. The van der Waals surface area contributed by atoms with Crippen molar-refractivity contribution in [1.29, 1.82) is 0 Å². The highest BCUT2D eigenvalue weighted by molar-refractivity contribution is 14.1. The van der Waals surface area contributed by atoms with Crippen molar-refractivity contribution < 1.29 is 9.53 Å². The third-order valence-corrected chi connectivity index (χ3v) is 7.07. The van der Waals surface area contributed by atoms with Gasteiger partial charge in [0, 0.05) is 44.3 Å². The molecule has 2 saturated carbocycles. The smallest absolute Gasteiger partial charge is 0.267 e. The molecular weight excluding hydrogens is 453 g/mol. The van der Waals surface area contributed by atoms with Gasteiger partial charge in [0.2, 0.25) is 0 Å². The predicted octanol–water partition coefficient (Wildman–Crippen LogP) is 3.60. The minimum atomic E-state index is -0.473. The Balaban J connectivity index is 0.00000102. The summed E-state index contributed by atoms with van der Waals surface area (Å²) in [4.78, 5) is 20.4. The van der Waals surface area contributed by atoms with Crippen LogP contribution >= 0.6 is 22.6 Å². The van der Waals surface area contributed by atoms with Crippen molar-refractivity contribution in [2.75, 3.05) is 25.1 Å². The van der Waals surface area contributed by atoms with Crippen molar-refractivity contribution in [2.45, 2.75) is 50.7 Å². The molecule has 0 radical (unpaired) electrons. The van der Waals surface area contributed by atoms with E-state index in [-0.39, 0.29) is 5.60 Å². The zero-order valence-electron chi connectivity index (χ0n) is 16.7. The summed E-state index contributed by atoms with van der Waals surface area (Å²) in [5.41, 5.74) is 6.57. The lowest BCUT2D eigenvalue weighted by Crippen LogP contribution is -2.62. The van der Waals surface area contributed by atoms with Gasteiger partial charge in [-0.05, 0) is 54.2 Å². The summed E-state index contributed by atoms with van der Waals surface area (Å²) in [6.07, 6.45) is 8.01. The Morgan fingerprint density at radius 3 is 2.41 bits per heavy atom. The van der Waals surface area contributed by atoms with Crippen LogP contribution in [0.25, 0.3) is 0 Å². The van der Waals surface area contributed by atoms with Gasteiger partial charge in [-0.15, -0.1) is 0 Å². The monoisotopic (exact) mass is 485 g/mol. The number of carbonyl (C=O) groups is 1. The molecule has 2 aliphatic carbocycles. The summed E-state index contributed by atoms with van der Waals surface area (Å²) in [6.45, 7) is 4.56. The number of rotatable bonds is 4. The summed E-state index contributed by atoms with van der Waals surface area (Å²) < 4.78 is 6.27. The number of methoxy groups -OCH3 is 1. The molecule has 150 valence electrons. The molecule has 4 rings (SSSR count). The maximum Gasteiger partial charge on any atom is 0.267 e. The Hall–Kier alpha value is -0.730. The third kappa shape index (κ3) is 3.65. The van der Waals surface area contributed by atoms with E-state index in [1.165, 1.54) is 32.1 Å². The van der Waals surface area contributed by atoms with Gasteiger partial charge in [0.05, 0.1) is 0 Å². The van der Waals surface area contributed by atoms with E-state index >= 15 is 0 Å². The van der Waals surface area contributed by atoms with Crippen LogP contribution in [0.15, 0.2) is 18.3 Å². The Labute approximate surface area is 176 Å². The van der Waals surface area contributed by atoms with Gasteiger partial charge in [0.1, 0.15) is 11.3 Å². The number of hydrogen-bond acceptors (Lipinski definition) is 4. The van der Waals surface area contributed by atoms with E-state index in [9.17, 15) is 4.79 Å². The quantitative estimate of drug-likeness (QED) is 0.523. The Kier molecular flexibility index (Phi) is 6.79. The second-order valence-corrected chi connectivity index (χ2v) is 8.19. The molecule has 1 aromatic heterocycles. The van der Waals surface area contributed by atoms with Gasteiger partial charge in [-0.1, -0.05) is 35.9 Å². The van der Waals surface area contributed by atoms with Crippen molar-refractivity contribution in [3.05, 3.63) is 29.6 Å². The van der Waals surface area contributed by atoms with Gasteiger partial charge >= 0.3 is 0 Å². The van der Waals surface area contributed by atoms with E-state index in [0.717, 1.165) is 30.6 Å². The topological polar surface area (TPSA) is 68.5 Å². The van der Waals surface area contributed by atoms with Crippen molar-refractivity contribution in [3.63, 3.8) is 0 Å². The van der Waals surface area contributed by atoms with Crippen LogP contribution in [0.4, 0.5) is 0 Å². The van der Waals surface area contributed by atoms with Crippen LogP contribution in [0.2, 0.25) is 0 Å². The van der Waals surface area contributed by atoms with Crippen LogP contribution in [0, 0.1) is 17.8 Å². The second-order valence-electron chi connectivity index (χ2n) is 8.19. The SMILES string of the molecule is CI.COC1(c2ccnc(C(N)=O)c2)C2CCCC1CN([C@@H]1CC[C@@H]1C)C2. The zero-order valence-corrected chi connectivity index (χ0v) is 18.8. The number of ether oxygens (including phenoxy) is 1. The summed E-state index contributed by atoms with van der Waals surface area (Å²) >= 11 is 2.15. The average Bonchev–Trinajstić information content (AvgIpc) is 2.67. The number of nitrogens with two attached hydrogens (primary N) is 1. The number of primary amides is 1. The molecule has 2 bridgehead atoms. The molecule has 2 heterocycles. The van der Waals surface area contributed by atoms with E-state index in [1.54, 1.807) is 6.20 Å². The minimum absolute atomic E-state index is 0.311. The van der Waals surface area contributed by atoms with Gasteiger partial charge in [-0.2, -0.15) is 0 Å². The lowest BCUT2D eigenvalue weighted by Gasteiger charge is -2.58. The second kappa shape index (κ2) is 8.74. The zero-order chi connectivity index (χ0) is 19.6. The Bertz CT molecular complexity index is 655. The molecule has 0 spiro atoms. The molecule has 3 fully saturated rings. The summed E-state index contributed by atoms with van der Waals surface area (Å²) in [5.74, 6) is 1.26. The number of alkyl halides is 1. The molecule has 0 aromatic carbocycles. The molecule has 5 nitrogen and oxygen atoms in total. The highest BCUT2D eigenvalue weighted by atomic mass is 127. The molecule has 1 aromatic rings. The first-order valence-electron chi connectivity index (χ1n) is 9.99. The highest BCUT2D eigenvalue weighted by Gasteiger charge is 2.54. The maximum atomic E-state index is 11.6. The van der Waals surface area contributed by atoms with Crippen molar-refractivity contribution >= 4 is 28.5 Å². The predicted molar refractivity (Wildman–Crippen MR) is 116 cm³/mol. The fourth-order valence-corrected chi connectivity index (χ4v) is 5.66. The van der Waals surface area contributed by atoms with Crippen LogP contribution in [0.1, 0.15) is 55.1 Å². The normalized spacial score (nSPS) is 35.6. The van der Waals surface area contributed by atoms with E-state index in [0.29, 0.717) is 17.5 Å². The standard InChI is InChI=1S/C20H29N3O2.CH3I/c1-13-6-7-18(13)23-11-15-4-3-5-16(12-23)20(15,25-2)14-8-9-22-17(10-14)19(21)24;1-2/h8-10,13,15-16,18H,3-7,11-12H2,1-2H3,(H2,21,24);1H3/t13-,15?,16?,18+,20?;/m0./s1. The van der Waals surface area contributed by atoms with E-state index < -0.39 is 5.91 Å². The molecule has 6 heteroatoms. The average molecular weight is 485 g/mol. The number of aromatic nitrogens is 1. The van der Waals surface area contributed by atoms with Crippen LogP contribution in [0.5, 0.6) is 0 Å². The van der Waals surface area contributed by atoms with Gasteiger partial charge in [-0.3, -0.25) is 14.7 Å². The van der Waals surface area contributed by atoms with Gasteiger partial charge in [0.15, 0.2) is 0 Å². The number of nitrogens with zero attached hydrogens (tertiary/aromatic N) is 2. The summed E-state index contributed by atoms with van der Waals surface area (Å²) in [5, 5.41) is 0. The largest absolute Gasteiger partial charge is 0.373 e. The molecule has 3 aliphatic rings. The Morgan fingerprint density at radius 2 is 1.93 bits per heavy atom. The first kappa shape index (κ1) is 21.0. The van der Waals surface area contributed by atoms with Crippen LogP contribution in [0.3, 0.4) is 0 Å². The van der Waals surface area contributed by atoms with Gasteiger partial charge in [0.25, 0.3) is 5.91 Å². The number of piperidine rings is 1. The van der Waals surface area contributed by atoms with Gasteiger partial charge < -0.3 is 10.5 Å². The maximum absolute atomic E-state index is 11.6. The molecule has 1 saturated heterocycles. The first-order chi connectivity index (χ1) is 13.1. The first-order valence-corrected chi connectivity index (χ1v) is 12.1. The van der Waals surface area contributed by atoms with Crippen molar-refractivity contribution in [1.82, 2.24) is 9.88 Å². The number of fused-ring (bicyclic) bond motifs is 2. The molecule has 1 aliphatic heterocycles. The third-order valence-electron chi connectivity index (χ3n) is 7.07. The number of amides is 1. The van der Waals surface area contributed by atoms with E-state index in [1.807, 2.05) is 24.2 Å². The van der Waals surface area contributed by atoms with Crippen LogP contribution < -0.4 is 5.73 Å². The van der Waals surface area contributed by atoms with Gasteiger partial charge in [-0.25, -0.2) is 0 Å². The summed E-state index contributed by atoms with van der Waals surface area (Å²) in [6, 6.07) is 4.62. The number of halogens is 1. The lowest BCUT2D eigenvalue weighted by molar-refractivity contribution is -0.181. The molecule has 4 atom stereocenters. The molecular formula is C21H32IN3O2. The number of carbonyl (C=O) groups excluding carboxylic acids is 1. The summed E-state index contributed by atoms with van der Waals surface area (Å²) in [7, 11) is 1.83. The Morgan fingerprint density at radius 1 is 1.26 bits per heavy atom. The van der Waals surface area contributed by atoms with Crippen molar-refractivity contribution in [3.8, 4) is 0 Å². The van der Waals surface area contributed by atoms with E-state index in [4.69, 9.17) is 10.5 Å². The molecule has 2 unspecified atom stereocenters. The molecule has 1 amide bonds. The van der Waals surface area contributed by atoms with Crippen molar-refractivity contribution in [2.24, 2.45) is 23.5 Å². The minimum Gasteiger partial charge on any atom is -0.373 e. The highest BCUT2D eigenvalue weighted by Crippen LogP contribution is 2.52. The van der Waals surface area contributed by atoms with Crippen LogP contribution in [-0.4, -0.2) is 47.0 Å². The number of pyridine rings is 1. The number of likely N-dealkylation sites (tertiary alicyclic amines) is 1. The fourth-order valence-electron chi connectivity index (χ4n) is 5.66. The lowest BCUT2D eigenvalue weighted by atomic mass is 9.61.